The molecule has 1 aromatic carbocycles. The number of hydrogen-bond acceptors (Lipinski definition) is 7. The van der Waals surface area contributed by atoms with Crippen LogP contribution in [-0.2, 0) is 7.05 Å². The first-order valence-corrected chi connectivity index (χ1v) is 8.69. The maximum absolute atomic E-state index is 11.9. The standard InChI is InChI=1S/C13H15N7OS2/c1-8-15-10-7-9(3-4-11(10)23-8)16-12(21)14-5-6-22-13-17-18-19-20(13)2/h3-4,7H,5-6H2,1-2H3,(H2,14,16,21). The van der Waals surface area contributed by atoms with Gasteiger partial charge in [-0.05, 0) is 35.5 Å². The fourth-order valence-corrected chi connectivity index (χ4v) is 3.46. The number of nitrogens with one attached hydrogen (secondary N) is 2. The Hall–Kier alpha value is -2.20. The van der Waals surface area contributed by atoms with Gasteiger partial charge in [0.1, 0.15) is 0 Å². The number of rotatable bonds is 5. The zero-order valence-corrected chi connectivity index (χ0v) is 14.2. The van der Waals surface area contributed by atoms with E-state index in [1.807, 2.05) is 25.1 Å². The number of aryl methyl sites for hydroxylation is 2. The third kappa shape index (κ3) is 3.96. The fraction of sp³-hybridized carbons (Fsp3) is 0.308. The molecule has 0 saturated heterocycles. The van der Waals surface area contributed by atoms with E-state index in [1.165, 1.54) is 11.8 Å². The van der Waals surface area contributed by atoms with Crippen molar-refractivity contribution in [3.8, 4) is 0 Å². The minimum Gasteiger partial charge on any atom is -0.337 e. The van der Waals surface area contributed by atoms with Crippen LogP contribution in [0.3, 0.4) is 0 Å². The summed E-state index contributed by atoms with van der Waals surface area (Å²) < 4.78 is 2.71. The molecular weight excluding hydrogens is 334 g/mol. The highest BCUT2D eigenvalue weighted by atomic mass is 32.2. The van der Waals surface area contributed by atoms with Crippen LogP contribution in [0.15, 0.2) is 23.4 Å². The van der Waals surface area contributed by atoms with Gasteiger partial charge in [-0.25, -0.2) is 14.5 Å². The summed E-state index contributed by atoms with van der Waals surface area (Å²) in [5.74, 6) is 0.686. The number of carbonyl (C=O) groups is 1. The van der Waals surface area contributed by atoms with Gasteiger partial charge in [-0.1, -0.05) is 11.8 Å². The molecule has 0 bridgehead atoms. The summed E-state index contributed by atoms with van der Waals surface area (Å²) in [6.45, 7) is 2.48. The van der Waals surface area contributed by atoms with Crippen molar-refractivity contribution in [2.75, 3.05) is 17.6 Å². The Bertz CT molecular complexity index is 829. The first-order valence-electron chi connectivity index (χ1n) is 6.89. The first-order chi connectivity index (χ1) is 11.1. The summed E-state index contributed by atoms with van der Waals surface area (Å²) >= 11 is 3.12. The van der Waals surface area contributed by atoms with Gasteiger partial charge in [-0.15, -0.1) is 16.4 Å². The Balaban J connectivity index is 1.47. The largest absolute Gasteiger partial charge is 0.337 e. The van der Waals surface area contributed by atoms with Crippen LogP contribution in [0.2, 0.25) is 0 Å². The lowest BCUT2D eigenvalue weighted by atomic mass is 10.3. The fourth-order valence-electron chi connectivity index (χ4n) is 1.95. The Morgan fingerprint density at radius 3 is 3.09 bits per heavy atom. The maximum atomic E-state index is 11.9. The van der Waals surface area contributed by atoms with Crippen LogP contribution in [0, 0.1) is 6.92 Å². The second-order valence-corrected chi connectivity index (χ2v) is 7.03. The van der Waals surface area contributed by atoms with E-state index in [4.69, 9.17) is 0 Å². The predicted molar refractivity (Wildman–Crippen MR) is 90.9 cm³/mol. The summed E-state index contributed by atoms with van der Waals surface area (Å²) in [4.78, 5) is 16.3. The Morgan fingerprint density at radius 1 is 1.43 bits per heavy atom. The molecule has 0 aliphatic heterocycles. The van der Waals surface area contributed by atoms with Gasteiger partial charge in [0, 0.05) is 25.0 Å². The summed E-state index contributed by atoms with van der Waals surface area (Å²) in [7, 11) is 1.78. The molecule has 0 aliphatic carbocycles. The van der Waals surface area contributed by atoms with Gasteiger partial charge in [-0.2, -0.15) is 0 Å². The molecule has 3 rings (SSSR count). The molecule has 0 atom stereocenters. The number of thiazole rings is 1. The molecule has 0 saturated carbocycles. The Morgan fingerprint density at radius 2 is 2.30 bits per heavy atom. The number of benzene rings is 1. The van der Waals surface area contributed by atoms with E-state index in [-0.39, 0.29) is 6.03 Å². The summed E-state index contributed by atoms with van der Waals surface area (Å²) in [5, 5.41) is 18.5. The second-order valence-electron chi connectivity index (χ2n) is 4.73. The molecule has 3 aromatic rings. The van der Waals surface area contributed by atoms with Gasteiger partial charge in [0.2, 0.25) is 5.16 Å². The van der Waals surface area contributed by atoms with Crippen molar-refractivity contribution in [3.63, 3.8) is 0 Å². The van der Waals surface area contributed by atoms with Crippen molar-refractivity contribution in [1.29, 1.82) is 0 Å². The third-order valence-corrected chi connectivity index (χ3v) is 4.92. The highest BCUT2D eigenvalue weighted by Crippen LogP contribution is 2.24. The van der Waals surface area contributed by atoms with E-state index in [1.54, 1.807) is 23.1 Å². The highest BCUT2D eigenvalue weighted by molar-refractivity contribution is 7.99. The van der Waals surface area contributed by atoms with Crippen LogP contribution in [0.25, 0.3) is 10.2 Å². The zero-order chi connectivity index (χ0) is 16.2. The number of carbonyl (C=O) groups excluding carboxylic acids is 1. The number of nitrogens with zero attached hydrogens (tertiary/aromatic N) is 5. The number of amides is 2. The molecule has 0 radical (unpaired) electrons. The lowest BCUT2D eigenvalue weighted by molar-refractivity contribution is 0.252. The number of urea groups is 1. The van der Waals surface area contributed by atoms with E-state index < -0.39 is 0 Å². The topological polar surface area (TPSA) is 97.6 Å². The molecule has 2 aromatic heterocycles. The van der Waals surface area contributed by atoms with Crippen molar-refractivity contribution >= 4 is 45.0 Å². The predicted octanol–water partition coefficient (Wildman–Crippen LogP) is 2.04. The van der Waals surface area contributed by atoms with Gasteiger partial charge in [0.05, 0.1) is 15.2 Å². The number of aromatic nitrogens is 5. The molecule has 2 heterocycles. The van der Waals surface area contributed by atoms with E-state index in [2.05, 4.69) is 31.1 Å². The van der Waals surface area contributed by atoms with Crippen LogP contribution < -0.4 is 10.6 Å². The number of thioether (sulfide) groups is 1. The molecule has 0 spiro atoms. The van der Waals surface area contributed by atoms with Crippen LogP contribution in [0.1, 0.15) is 5.01 Å². The minimum absolute atomic E-state index is 0.243. The average molecular weight is 349 g/mol. The molecular formula is C13H15N7OS2. The molecule has 10 heteroatoms. The van der Waals surface area contributed by atoms with Crippen LogP contribution in [0.4, 0.5) is 10.5 Å². The number of anilines is 1. The Labute approximate surface area is 140 Å². The minimum atomic E-state index is -0.243. The molecule has 2 amide bonds. The SMILES string of the molecule is Cc1nc2cc(NC(=O)NCCSc3nnnn3C)ccc2s1. The van der Waals surface area contributed by atoms with E-state index in [9.17, 15) is 4.79 Å². The van der Waals surface area contributed by atoms with Crippen molar-refractivity contribution in [1.82, 2.24) is 30.5 Å². The van der Waals surface area contributed by atoms with Gasteiger partial charge >= 0.3 is 6.03 Å². The number of hydrogen-bond donors (Lipinski definition) is 2. The summed E-state index contributed by atoms with van der Waals surface area (Å²) in [6, 6.07) is 5.47. The highest BCUT2D eigenvalue weighted by Gasteiger charge is 2.06. The van der Waals surface area contributed by atoms with Crippen LogP contribution in [0.5, 0.6) is 0 Å². The number of tetrazole rings is 1. The summed E-state index contributed by atoms with van der Waals surface area (Å²) in [5.41, 5.74) is 1.63. The molecule has 0 fully saturated rings. The van der Waals surface area contributed by atoms with Crippen molar-refractivity contribution < 1.29 is 4.79 Å². The quantitative estimate of drug-likeness (QED) is 0.540. The van der Waals surface area contributed by atoms with E-state index in [0.717, 1.165) is 26.1 Å². The third-order valence-electron chi connectivity index (χ3n) is 2.95. The average Bonchev–Trinajstić information content (AvgIpc) is 3.08. The molecule has 23 heavy (non-hydrogen) atoms. The lowest BCUT2D eigenvalue weighted by Gasteiger charge is -2.07. The normalized spacial score (nSPS) is 10.9. The zero-order valence-electron chi connectivity index (χ0n) is 12.6. The molecule has 0 aliphatic rings. The van der Waals surface area contributed by atoms with Gasteiger partial charge in [0.25, 0.3) is 0 Å². The van der Waals surface area contributed by atoms with E-state index in [0.29, 0.717) is 12.3 Å². The molecule has 120 valence electrons. The van der Waals surface area contributed by atoms with E-state index >= 15 is 0 Å². The number of fused-ring (bicyclic) bond motifs is 1. The smallest absolute Gasteiger partial charge is 0.319 e. The van der Waals surface area contributed by atoms with Crippen molar-refractivity contribution in [2.45, 2.75) is 12.1 Å². The molecule has 2 N–H and O–H groups in total. The summed E-state index contributed by atoms with van der Waals surface area (Å²) in [6.07, 6.45) is 0. The van der Waals surface area contributed by atoms with Crippen LogP contribution >= 0.6 is 23.1 Å². The van der Waals surface area contributed by atoms with Gasteiger partial charge < -0.3 is 10.6 Å². The monoisotopic (exact) mass is 349 g/mol. The van der Waals surface area contributed by atoms with Crippen molar-refractivity contribution in [3.05, 3.63) is 23.2 Å². The lowest BCUT2D eigenvalue weighted by Crippen LogP contribution is -2.30. The maximum Gasteiger partial charge on any atom is 0.319 e. The van der Waals surface area contributed by atoms with Gasteiger partial charge in [-0.3, -0.25) is 0 Å². The van der Waals surface area contributed by atoms with Crippen molar-refractivity contribution in [2.24, 2.45) is 7.05 Å². The molecule has 0 unspecified atom stereocenters. The Kier molecular flexibility index (Phi) is 4.72. The molecule has 8 nitrogen and oxygen atoms in total. The van der Waals surface area contributed by atoms with Crippen LogP contribution in [-0.4, -0.2) is 43.5 Å². The second kappa shape index (κ2) is 6.92. The first kappa shape index (κ1) is 15.7. The van der Waals surface area contributed by atoms with Gasteiger partial charge in [0.15, 0.2) is 0 Å².